The Morgan fingerprint density at radius 1 is 1.03 bits per heavy atom. The molecule has 1 aromatic carbocycles. The van der Waals surface area contributed by atoms with E-state index in [0.717, 1.165) is 37.4 Å². The van der Waals surface area contributed by atoms with Crippen molar-refractivity contribution in [1.82, 2.24) is 4.90 Å². The van der Waals surface area contributed by atoms with E-state index in [9.17, 15) is 31.1 Å². The number of allylic oxidation sites excluding steroid dienone is 5. The van der Waals surface area contributed by atoms with Crippen molar-refractivity contribution in [3.8, 4) is 0 Å². The molecule has 0 bridgehead atoms. The summed E-state index contributed by atoms with van der Waals surface area (Å²) in [6.45, 7) is 16.3. The van der Waals surface area contributed by atoms with Crippen LogP contribution in [-0.4, -0.2) is 36.2 Å². The van der Waals surface area contributed by atoms with Crippen LogP contribution in [0.25, 0.3) is 0 Å². The summed E-state index contributed by atoms with van der Waals surface area (Å²) in [6, 6.07) is 6.83. The highest BCUT2D eigenvalue weighted by Gasteiger charge is 2.36. The Kier molecular flexibility index (Phi) is 16.8. The quantitative estimate of drug-likeness (QED) is 0.195. The number of amides is 1. The van der Waals surface area contributed by atoms with E-state index in [1.54, 1.807) is 12.1 Å². The molecule has 0 heterocycles. The molecule has 8 heteroatoms. The van der Waals surface area contributed by atoms with Gasteiger partial charge in [-0.15, -0.1) is 0 Å². The number of hydrogen-bond donors (Lipinski definition) is 0. The zero-order chi connectivity index (χ0) is 27.8. The van der Waals surface area contributed by atoms with Crippen LogP contribution in [0.1, 0.15) is 71.4 Å². The SMILES string of the molecule is C=C/C=C\C(=C(C)C)C(F)(F)F.CCCN(C=O)C(C)CC.Cc1ccc(C(C)C(F)(F)F)cc1. The van der Waals surface area contributed by atoms with Crippen molar-refractivity contribution < 1.29 is 31.1 Å². The fourth-order valence-electron chi connectivity index (χ4n) is 2.62. The van der Waals surface area contributed by atoms with Gasteiger partial charge in [0.05, 0.1) is 11.5 Å². The third-order valence-electron chi connectivity index (χ3n) is 5.09. The van der Waals surface area contributed by atoms with Crippen molar-refractivity contribution in [2.24, 2.45) is 0 Å². The van der Waals surface area contributed by atoms with E-state index < -0.39 is 23.8 Å². The molecule has 0 fully saturated rings. The number of carbonyl (C=O) groups is 1. The van der Waals surface area contributed by atoms with Crippen LogP contribution in [0, 0.1) is 6.92 Å². The van der Waals surface area contributed by atoms with Crippen molar-refractivity contribution in [2.75, 3.05) is 6.54 Å². The van der Waals surface area contributed by atoms with Crippen LogP contribution in [0.5, 0.6) is 0 Å². The number of carbonyl (C=O) groups excluding carboxylic acids is 1. The summed E-state index contributed by atoms with van der Waals surface area (Å²) in [7, 11) is 0. The Hall–Kier alpha value is -2.51. The van der Waals surface area contributed by atoms with Crippen LogP contribution in [0.15, 0.2) is 60.2 Å². The second-order valence-corrected chi connectivity index (χ2v) is 8.28. The highest BCUT2D eigenvalue weighted by Crippen LogP contribution is 2.34. The van der Waals surface area contributed by atoms with Gasteiger partial charge in [-0.25, -0.2) is 0 Å². The normalized spacial score (nSPS) is 12.9. The topological polar surface area (TPSA) is 20.3 Å². The zero-order valence-corrected chi connectivity index (χ0v) is 21.7. The lowest BCUT2D eigenvalue weighted by Crippen LogP contribution is -2.31. The number of rotatable bonds is 8. The maximum Gasteiger partial charge on any atom is 0.416 e. The van der Waals surface area contributed by atoms with Crippen molar-refractivity contribution >= 4 is 6.41 Å². The van der Waals surface area contributed by atoms with Gasteiger partial charge in [0.2, 0.25) is 6.41 Å². The number of benzene rings is 1. The highest BCUT2D eigenvalue weighted by atomic mass is 19.4. The maximum atomic E-state index is 12.2. The van der Waals surface area contributed by atoms with E-state index in [1.807, 2.05) is 11.8 Å². The van der Waals surface area contributed by atoms with E-state index in [2.05, 4.69) is 27.4 Å². The van der Waals surface area contributed by atoms with Gasteiger partial charge in [-0.2, -0.15) is 26.3 Å². The second kappa shape index (κ2) is 17.0. The van der Waals surface area contributed by atoms with E-state index in [0.29, 0.717) is 11.6 Å². The molecular formula is C27H39F6NO. The molecule has 0 aromatic heterocycles. The summed E-state index contributed by atoms with van der Waals surface area (Å²) >= 11 is 0. The van der Waals surface area contributed by atoms with Crippen molar-refractivity contribution in [3.05, 3.63) is 71.3 Å². The average molecular weight is 508 g/mol. The van der Waals surface area contributed by atoms with Crippen LogP contribution < -0.4 is 0 Å². The third kappa shape index (κ3) is 15.2. The van der Waals surface area contributed by atoms with E-state index in [1.165, 1.54) is 45.1 Å². The molecule has 0 radical (unpaired) electrons. The third-order valence-corrected chi connectivity index (χ3v) is 5.09. The number of hydrogen-bond acceptors (Lipinski definition) is 1. The smallest absolute Gasteiger partial charge is 0.343 e. The summed E-state index contributed by atoms with van der Waals surface area (Å²) in [6.07, 6.45) is -1.78. The molecule has 1 aromatic rings. The summed E-state index contributed by atoms with van der Waals surface area (Å²) in [5, 5.41) is 0. The molecule has 0 saturated carbocycles. The molecule has 0 saturated heterocycles. The van der Waals surface area contributed by atoms with Crippen LogP contribution >= 0.6 is 0 Å². The van der Waals surface area contributed by atoms with Gasteiger partial charge >= 0.3 is 12.4 Å². The summed E-state index contributed by atoms with van der Waals surface area (Å²) in [5.74, 6) is -1.38. The van der Waals surface area contributed by atoms with Gasteiger partial charge in [-0.3, -0.25) is 4.79 Å². The molecule has 1 amide bonds. The molecule has 2 atom stereocenters. The highest BCUT2D eigenvalue weighted by molar-refractivity contribution is 5.47. The van der Waals surface area contributed by atoms with Crippen LogP contribution in [-0.2, 0) is 4.79 Å². The maximum absolute atomic E-state index is 12.2. The molecule has 200 valence electrons. The molecular weight excluding hydrogens is 468 g/mol. The van der Waals surface area contributed by atoms with E-state index >= 15 is 0 Å². The summed E-state index contributed by atoms with van der Waals surface area (Å²) in [4.78, 5) is 12.3. The Labute approximate surface area is 206 Å². The molecule has 0 spiro atoms. The standard InChI is InChI=1S/C10H11F3.C9H11F3.C8H17NO/c1-7-3-5-9(6-4-7)8(2)10(11,12)13;1-4-5-6-8(7(2)3)9(10,11)12;1-4-6-9(7-10)8(3)5-2/h3-6,8H,1-2H3;4-6H,1H2,2-3H3;7-8H,4-6H2,1-3H3/b;6-5-;. The first-order valence-electron chi connectivity index (χ1n) is 11.4. The minimum atomic E-state index is -4.27. The van der Waals surface area contributed by atoms with Gasteiger partial charge in [0.15, 0.2) is 0 Å². The largest absolute Gasteiger partial charge is 0.416 e. The Morgan fingerprint density at radius 2 is 1.54 bits per heavy atom. The minimum Gasteiger partial charge on any atom is -0.343 e. The van der Waals surface area contributed by atoms with Crippen LogP contribution in [0.3, 0.4) is 0 Å². The Morgan fingerprint density at radius 3 is 1.86 bits per heavy atom. The molecule has 0 aliphatic heterocycles. The first-order valence-corrected chi connectivity index (χ1v) is 11.4. The van der Waals surface area contributed by atoms with Crippen LogP contribution in [0.2, 0.25) is 0 Å². The molecule has 2 unspecified atom stereocenters. The predicted octanol–water partition coefficient (Wildman–Crippen LogP) is 8.94. The Bertz CT molecular complexity index is 787. The number of aryl methyl sites for hydroxylation is 1. The first-order chi connectivity index (χ1) is 16.1. The minimum absolute atomic E-state index is 0.251. The van der Waals surface area contributed by atoms with Gasteiger partial charge in [0.25, 0.3) is 0 Å². The number of alkyl halides is 6. The lowest BCUT2D eigenvalue weighted by atomic mass is 10.00. The van der Waals surface area contributed by atoms with Gasteiger partial charge in [0.1, 0.15) is 0 Å². The van der Waals surface area contributed by atoms with Crippen molar-refractivity contribution in [1.29, 1.82) is 0 Å². The number of halogens is 6. The molecule has 0 aliphatic rings. The Balaban J connectivity index is 0. The fourth-order valence-corrected chi connectivity index (χ4v) is 2.62. The van der Waals surface area contributed by atoms with Crippen molar-refractivity contribution in [3.63, 3.8) is 0 Å². The van der Waals surface area contributed by atoms with Gasteiger partial charge in [-0.1, -0.05) is 74.1 Å². The summed E-state index contributed by atoms with van der Waals surface area (Å²) in [5.41, 5.74) is 0.930. The first kappa shape index (κ1) is 34.7. The molecule has 35 heavy (non-hydrogen) atoms. The second-order valence-electron chi connectivity index (χ2n) is 8.28. The van der Waals surface area contributed by atoms with Gasteiger partial charge < -0.3 is 4.90 Å². The summed E-state index contributed by atoms with van der Waals surface area (Å²) < 4.78 is 73.2. The molecule has 0 aliphatic carbocycles. The lowest BCUT2D eigenvalue weighted by molar-refractivity contribution is -0.146. The molecule has 0 N–H and O–H groups in total. The van der Waals surface area contributed by atoms with Crippen LogP contribution in [0.4, 0.5) is 26.3 Å². The molecule has 1 rings (SSSR count). The number of nitrogens with zero attached hydrogens (tertiary/aromatic N) is 1. The zero-order valence-electron chi connectivity index (χ0n) is 21.7. The fraction of sp³-hybridized carbons (Fsp3) is 0.519. The van der Waals surface area contributed by atoms with Crippen molar-refractivity contribution in [2.45, 2.75) is 85.6 Å². The average Bonchev–Trinajstić information content (AvgIpc) is 2.76. The predicted molar refractivity (Wildman–Crippen MR) is 132 cm³/mol. The van der Waals surface area contributed by atoms with E-state index in [4.69, 9.17) is 0 Å². The van der Waals surface area contributed by atoms with E-state index in [-0.39, 0.29) is 5.57 Å². The lowest BCUT2D eigenvalue weighted by Gasteiger charge is -2.22. The van der Waals surface area contributed by atoms with Gasteiger partial charge in [0, 0.05) is 12.6 Å². The molecule has 2 nitrogen and oxygen atoms in total. The van der Waals surface area contributed by atoms with Gasteiger partial charge in [-0.05, 0) is 53.0 Å². The monoisotopic (exact) mass is 507 g/mol.